The first kappa shape index (κ1) is 16.6. The molecule has 0 rings (SSSR count). The molecule has 0 fully saturated rings. The molecular formula is C12H22N2O4. The van der Waals surface area contributed by atoms with Gasteiger partial charge in [0.15, 0.2) is 0 Å². The highest BCUT2D eigenvalue weighted by Gasteiger charge is 2.26. The molecule has 0 aliphatic heterocycles. The van der Waals surface area contributed by atoms with E-state index in [2.05, 4.69) is 17.2 Å². The first-order valence-electron chi connectivity index (χ1n) is 5.90. The van der Waals surface area contributed by atoms with E-state index in [4.69, 9.17) is 10.2 Å². The Labute approximate surface area is 107 Å². The topological polar surface area (TPSA) is 98.7 Å². The molecule has 0 radical (unpaired) electrons. The third kappa shape index (κ3) is 6.36. The maximum atomic E-state index is 11.8. The third-order valence-corrected chi connectivity index (χ3v) is 2.27. The van der Waals surface area contributed by atoms with E-state index in [9.17, 15) is 9.59 Å². The van der Waals surface area contributed by atoms with Crippen LogP contribution in [0.1, 0.15) is 20.3 Å². The molecular weight excluding hydrogens is 236 g/mol. The van der Waals surface area contributed by atoms with Gasteiger partial charge in [-0.1, -0.05) is 6.08 Å². The van der Waals surface area contributed by atoms with Crippen LogP contribution in [0.4, 0.5) is 0 Å². The lowest BCUT2D eigenvalue weighted by Crippen LogP contribution is -2.46. The van der Waals surface area contributed by atoms with Crippen molar-refractivity contribution in [3.05, 3.63) is 12.7 Å². The first-order chi connectivity index (χ1) is 8.42. The predicted molar refractivity (Wildman–Crippen MR) is 67.7 cm³/mol. The fraction of sp³-hybridized carbons (Fsp3) is 0.667. The molecule has 0 aliphatic rings. The second kappa shape index (κ2) is 8.66. The van der Waals surface area contributed by atoms with Crippen LogP contribution in [0.2, 0.25) is 0 Å². The Hall–Kier alpha value is -1.40. The van der Waals surface area contributed by atoms with Gasteiger partial charge in [-0.25, -0.2) is 0 Å². The van der Waals surface area contributed by atoms with E-state index >= 15 is 0 Å². The van der Waals surface area contributed by atoms with Crippen molar-refractivity contribution in [3.8, 4) is 0 Å². The minimum Gasteiger partial charge on any atom is -0.394 e. The van der Waals surface area contributed by atoms with Crippen LogP contribution in [0, 0.1) is 5.92 Å². The second-order valence-electron chi connectivity index (χ2n) is 4.26. The quantitative estimate of drug-likeness (QED) is 0.337. The standard InChI is InChI=1S/C12H22N2O4/c1-4-5-10(11(17)13-6-9(3)16)12(18)14-8(2)7-15/h4,8-10,15-16H,1,5-7H2,2-3H3,(H,13,17)(H,14,18)/t8-,9-,10?/m0/s1. The number of nitrogens with one attached hydrogen (secondary N) is 2. The second-order valence-corrected chi connectivity index (χ2v) is 4.26. The lowest BCUT2D eigenvalue weighted by molar-refractivity contribution is -0.135. The molecule has 0 saturated heterocycles. The van der Waals surface area contributed by atoms with E-state index in [0.29, 0.717) is 0 Å². The molecule has 1 unspecified atom stereocenters. The number of carbonyl (C=O) groups is 2. The SMILES string of the molecule is C=CCC(C(=O)NC[C@H](C)O)C(=O)N[C@@H](C)CO. The minimum atomic E-state index is -0.893. The number of aliphatic hydroxyl groups is 2. The number of hydrogen-bond acceptors (Lipinski definition) is 4. The number of allylic oxidation sites excluding steroid dienone is 1. The van der Waals surface area contributed by atoms with Crippen LogP contribution >= 0.6 is 0 Å². The monoisotopic (exact) mass is 258 g/mol. The molecule has 0 aromatic heterocycles. The van der Waals surface area contributed by atoms with Gasteiger partial charge in [-0.3, -0.25) is 9.59 Å². The van der Waals surface area contributed by atoms with Crippen molar-refractivity contribution in [2.45, 2.75) is 32.4 Å². The molecule has 2 amide bonds. The number of amides is 2. The lowest BCUT2D eigenvalue weighted by atomic mass is 10.0. The summed E-state index contributed by atoms with van der Waals surface area (Å²) in [5.41, 5.74) is 0. The van der Waals surface area contributed by atoms with Gasteiger partial charge in [-0.15, -0.1) is 6.58 Å². The molecule has 6 heteroatoms. The zero-order valence-corrected chi connectivity index (χ0v) is 10.8. The molecule has 104 valence electrons. The fourth-order valence-electron chi connectivity index (χ4n) is 1.26. The zero-order chi connectivity index (χ0) is 14.1. The molecule has 3 atom stereocenters. The van der Waals surface area contributed by atoms with Gasteiger partial charge >= 0.3 is 0 Å². The van der Waals surface area contributed by atoms with Crippen LogP contribution in [0.15, 0.2) is 12.7 Å². The average Bonchev–Trinajstić information content (AvgIpc) is 2.32. The fourth-order valence-corrected chi connectivity index (χ4v) is 1.26. The van der Waals surface area contributed by atoms with Crippen molar-refractivity contribution in [3.63, 3.8) is 0 Å². The zero-order valence-electron chi connectivity index (χ0n) is 10.8. The Morgan fingerprint density at radius 3 is 2.39 bits per heavy atom. The summed E-state index contributed by atoms with van der Waals surface area (Å²) < 4.78 is 0. The molecule has 0 saturated carbocycles. The van der Waals surface area contributed by atoms with Gasteiger partial charge in [0.25, 0.3) is 0 Å². The van der Waals surface area contributed by atoms with Crippen molar-refractivity contribution in [2.24, 2.45) is 5.92 Å². The van der Waals surface area contributed by atoms with Gasteiger partial charge in [0.2, 0.25) is 11.8 Å². The van der Waals surface area contributed by atoms with Crippen molar-refractivity contribution < 1.29 is 19.8 Å². The van der Waals surface area contributed by atoms with Crippen LogP contribution < -0.4 is 10.6 Å². The highest BCUT2D eigenvalue weighted by atomic mass is 16.3. The van der Waals surface area contributed by atoms with E-state index < -0.39 is 29.9 Å². The van der Waals surface area contributed by atoms with Crippen molar-refractivity contribution in [1.29, 1.82) is 0 Å². The number of carbonyl (C=O) groups excluding carboxylic acids is 2. The van der Waals surface area contributed by atoms with Gasteiger partial charge in [0, 0.05) is 12.6 Å². The summed E-state index contributed by atoms with van der Waals surface area (Å²) in [6, 6.07) is -0.408. The Bertz CT molecular complexity index is 292. The number of hydrogen-bond donors (Lipinski definition) is 4. The largest absolute Gasteiger partial charge is 0.394 e. The Kier molecular flexibility index (Phi) is 7.98. The highest BCUT2D eigenvalue weighted by molar-refractivity contribution is 6.00. The van der Waals surface area contributed by atoms with Crippen molar-refractivity contribution >= 4 is 11.8 Å². The number of rotatable bonds is 8. The van der Waals surface area contributed by atoms with Crippen LogP contribution in [0.3, 0.4) is 0 Å². The van der Waals surface area contributed by atoms with Crippen LogP contribution in [0.5, 0.6) is 0 Å². The van der Waals surface area contributed by atoms with Gasteiger partial charge in [-0.2, -0.15) is 0 Å². The molecule has 0 aromatic rings. The normalized spacial score (nSPS) is 15.3. The van der Waals surface area contributed by atoms with Crippen molar-refractivity contribution in [1.82, 2.24) is 10.6 Å². The molecule has 0 aliphatic carbocycles. The lowest BCUT2D eigenvalue weighted by Gasteiger charge is -2.18. The molecule has 0 bridgehead atoms. The van der Waals surface area contributed by atoms with Crippen molar-refractivity contribution in [2.75, 3.05) is 13.2 Å². The third-order valence-electron chi connectivity index (χ3n) is 2.27. The van der Waals surface area contributed by atoms with Crippen LogP contribution in [-0.2, 0) is 9.59 Å². The molecule has 0 aromatic carbocycles. The molecule has 0 spiro atoms. The van der Waals surface area contributed by atoms with E-state index in [1.54, 1.807) is 6.92 Å². The summed E-state index contributed by atoms with van der Waals surface area (Å²) >= 11 is 0. The summed E-state index contributed by atoms with van der Waals surface area (Å²) in [6.45, 7) is 6.57. The van der Waals surface area contributed by atoms with E-state index in [-0.39, 0.29) is 19.6 Å². The van der Waals surface area contributed by atoms with Crippen LogP contribution in [0.25, 0.3) is 0 Å². The maximum Gasteiger partial charge on any atom is 0.233 e. The summed E-state index contributed by atoms with van der Waals surface area (Å²) in [7, 11) is 0. The Balaban J connectivity index is 4.48. The smallest absolute Gasteiger partial charge is 0.233 e. The maximum absolute atomic E-state index is 11.8. The summed E-state index contributed by atoms with van der Waals surface area (Å²) in [4.78, 5) is 23.6. The molecule has 6 nitrogen and oxygen atoms in total. The molecule has 18 heavy (non-hydrogen) atoms. The van der Waals surface area contributed by atoms with Crippen LogP contribution in [-0.4, -0.2) is 47.3 Å². The van der Waals surface area contributed by atoms with Gasteiger partial charge in [-0.05, 0) is 20.3 Å². The van der Waals surface area contributed by atoms with Gasteiger partial charge in [0.05, 0.1) is 12.7 Å². The van der Waals surface area contributed by atoms with Gasteiger partial charge < -0.3 is 20.8 Å². The summed E-state index contributed by atoms with van der Waals surface area (Å²) in [5, 5.41) is 22.9. The van der Waals surface area contributed by atoms with E-state index in [1.165, 1.54) is 13.0 Å². The number of aliphatic hydroxyl groups excluding tert-OH is 2. The Morgan fingerprint density at radius 2 is 1.94 bits per heavy atom. The first-order valence-corrected chi connectivity index (χ1v) is 5.90. The van der Waals surface area contributed by atoms with E-state index in [0.717, 1.165) is 0 Å². The summed E-state index contributed by atoms with van der Waals surface area (Å²) in [6.07, 6.45) is 1.02. The minimum absolute atomic E-state index is 0.0926. The molecule has 0 heterocycles. The highest BCUT2D eigenvalue weighted by Crippen LogP contribution is 2.05. The van der Waals surface area contributed by atoms with E-state index in [1.807, 2.05) is 0 Å². The van der Waals surface area contributed by atoms with Gasteiger partial charge in [0.1, 0.15) is 5.92 Å². The molecule has 4 N–H and O–H groups in total. The average molecular weight is 258 g/mol. The summed E-state index contributed by atoms with van der Waals surface area (Å²) in [5.74, 6) is -1.81. The Morgan fingerprint density at radius 1 is 1.33 bits per heavy atom. The predicted octanol–water partition coefficient (Wildman–Crippen LogP) is -0.827.